The van der Waals surface area contributed by atoms with E-state index in [1.165, 1.54) is 12.1 Å². The molecule has 0 aliphatic rings. The number of pyridine rings is 1. The van der Waals surface area contributed by atoms with E-state index in [-0.39, 0.29) is 0 Å². The lowest BCUT2D eigenvalue weighted by molar-refractivity contribution is -0.137. The van der Waals surface area contributed by atoms with Crippen LogP contribution in [0.1, 0.15) is 23.6 Å². The third-order valence-corrected chi connectivity index (χ3v) is 4.30. The van der Waals surface area contributed by atoms with Crippen LogP contribution in [0.3, 0.4) is 0 Å². The number of aliphatic imine (C=N–C) groups is 1. The van der Waals surface area contributed by atoms with Crippen LogP contribution in [0.5, 0.6) is 0 Å². The fourth-order valence-electron chi connectivity index (χ4n) is 2.79. The molecule has 0 radical (unpaired) electrons. The molecule has 0 spiro atoms. The molecule has 3 rings (SSSR count). The Hall–Kier alpha value is -3.36. The Kier molecular flexibility index (Phi) is 7.05. The molecule has 0 aliphatic heterocycles. The van der Waals surface area contributed by atoms with Crippen molar-refractivity contribution in [1.82, 2.24) is 25.4 Å². The summed E-state index contributed by atoms with van der Waals surface area (Å²) in [6, 6.07) is 10.9. The van der Waals surface area contributed by atoms with Crippen LogP contribution in [0, 0.1) is 0 Å². The largest absolute Gasteiger partial charge is 0.416 e. The molecule has 0 amide bonds. The van der Waals surface area contributed by atoms with Crippen LogP contribution in [0.4, 0.5) is 13.2 Å². The van der Waals surface area contributed by atoms with Gasteiger partial charge in [0.25, 0.3) is 0 Å². The average molecular weight is 416 g/mol. The molecule has 0 aliphatic carbocycles. The lowest BCUT2D eigenvalue weighted by atomic mass is 10.1. The number of benzene rings is 1. The minimum Gasteiger partial charge on any atom is -0.357 e. The molecular weight excluding hydrogens is 393 g/mol. The quantitative estimate of drug-likeness (QED) is 0.456. The summed E-state index contributed by atoms with van der Waals surface area (Å²) in [5.41, 5.74) is 1.17. The molecule has 3 aromatic rings. The average Bonchev–Trinajstić information content (AvgIpc) is 3.27. The van der Waals surface area contributed by atoms with Crippen molar-refractivity contribution in [3.63, 3.8) is 0 Å². The Bertz CT molecular complexity index is 950. The molecule has 2 heterocycles. The third kappa shape index (κ3) is 6.07. The molecular formula is C21H23F3N6. The molecule has 0 saturated carbocycles. The van der Waals surface area contributed by atoms with Crippen molar-refractivity contribution in [2.45, 2.75) is 26.1 Å². The fraction of sp³-hybridized carbons (Fsp3) is 0.286. The maximum Gasteiger partial charge on any atom is 0.416 e. The van der Waals surface area contributed by atoms with E-state index in [2.05, 4.69) is 25.7 Å². The number of hydrogen-bond acceptors (Lipinski definition) is 3. The highest BCUT2D eigenvalue weighted by Crippen LogP contribution is 2.29. The van der Waals surface area contributed by atoms with Gasteiger partial charge in [-0.15, -0.1) is 0 Å². The molecule has 0 bridgehead atoms. The van der Waals surface area contributed by atoms with E-state index >= 15 is 0 Å². The number of hydrogen-bond donors (Lipinski definition) is 2. The van der Waals surface area contributed by atoms with Crippen LogP contribution in [0.15, 0.2) is 66.0 Å². The van der Waals surface area contributed by atoms with Gasteiger partial charge < -0.3 is 10.6 Å². The summed E-state index contributed by atoms with van der Waals surface area (Å²) in [6.45, 7) is 3.66. The van der Waals surface area contributed by atoms with Crippen LogP contribution in [0.25, 0.3) is 5.82 Å². The van der Waals surface area contributed by atoms with Gasteiger partial charge in [-0.05, 0) is 54.8 Å². The first-order valence-corrected chi connectivity index (χ1v) is 9.59. The second-order valence-electron chi connectivity index (χ2n) is 6.54. The molecule has 2 aromatic heterocycles. The predicted octanol–water partition coefficient (Wildman–Crippen LogP) is 3.58. The van der Waals surface area contributed by atoms with E-state index in [9.17, 15) is 13.2 Å². The summed E-state index contributed by atoms with van der Waals surface area (Å²) in [5, 5.41) is 10.5. The highest BCUT2D eigenvalue weighted by molar-refractivity contribution is 5.79. The molecule has 6 nitrogen and oxygen atoms in total. The Morgan fingerprint density at radius 2 is 1.87 bits per heavy atom. The molecule has 0 saturated heterocycles. The van der Waals surface area contributed by atoms with E-state index in [1.54, 1.807) is 17.1 Å². The smallest absolute Gasteiger partial charge is 0.357 e. The molecule has 158 valence electrons. The van der Waals surface area contributed by atoms with Gasteiger partial charge in [-0.1, -0.05) is 12.1 Å². The van der Waals surface area contributed by atoms with E-state index in [0.717, 1.165) is 23.3 Å². The second-order valence-corrected chi connectivity index (χ2v) is 6.54. The Balaban J connectivity index is 1.56. The Morgan fingerprint density at radius 1 is 1.07 bits per heavy atom. The predicted molar refractivity (Wildman–Crippen MR) is 109 cm³/mol. The number of nitrogens with zero attached hydrogens (tertiary/aromatic N) is 4. The number of halogens is 3. The second kappa shape index (κ2) is 9.91. The first kappa shape index (κ1) is 21.4. The van der Waals surface area contributed by atoms with Gasteiger partial charge in [0.1, 0.15) is 0 Å². The summed E-state index contributed by atoms with van der Waals surface area (Å²) in [4.78, 5) is 8.87. The lowest BCUT2D eigenvalue weighted by Gasteiger charge is -2.12. The topological polar surface area (TPSA) is 67.1 Å². The number of alkyl halides is 3. The number of rotatable bonds is 7. The standard InChI is InChI=1S/C21H23F3N6/c1-2-25-20(27-12-8-16-4-6-18(7-5-16)21(22,23)24)28-15-17-9-11-26-19(14-17)30-13-3-10-29-30/h3-7,9-11,13-14H,2,8,12,15H2,1H3,(H2,25,27,28). The van der Waals surface area contributed by atoms with Gasteiger partial charge in [-0.25, -0.2) is 14.7 Å². The molecule has 2 N–H and O–H groups in total. The summed E-state index contributed by atoms with van der Waals surface area (Å²) in [7, 11) is 0. The molecule has 0 unspecified atom stereocenters. The molecule has 9 heteroatoms. The Morgan fingerprint density at radius 3 is 2.53 bits per heavy atom. The van der Waals surface area contributed by atoms with E-state index in [0.29, 0.717) is 37.8 Å². The van der Waals surface area contributed by atoms with Gasteiger partial charge in [-0.3, -0.25) is 0 Å². The molecule has 0 fully saturated rings. The minimum atomic E-state index is -4.31. The van der Waals surface area contributed by atoms with Crippen molar-refractivity contribution in [3.05, 3.63) is 77.7 Å². The minimum absolute atomic E-state index is 0.451. The summed E-state index contributed by atoms with van der Waals surface area (Å²) in [6.07, 6.45) is 1.50. The summed E-state index contributed by atoms with van der Waals surface area (Å²) < 4.78 is 39.6. The molecule has 1 aromatic carbocycles. The van der Waals surface area contributed by atoms with Gasteiger partial charge in [-0.2, -0.15) is 18.3 Å². The van der Waals surface area contributed by atoms with Crippen molar-refractivity contribution in [1.29, 1.82) is 0 Å². The van der Waals surface area contributed by atoms with Crippen molar-refractivity contribution >= 4 is 5.96 Å². The van der Waals surface area contributed by atoms with Gasteiger partial charge in [0, 0.05) is 31.7 Å². The van der Waals surface area contributed by atoms with Crippen LogP contribution < -0.4 is 10.6 Å². The van der Waals surface area contributed by atoms with Crippen LogP contribution in [-0.4, -0.2) is 33.8 Å². The third-order valence-electron chi connectivity index (χ3n) is 4.30. The zero-order valence-corrected chi connectivity index (χ0v) is 16.5. The summed E-state index contributed by atoms with van der Waals surface area (Å²) in [5.74, 6) is 1.36. The lowest BCUT2D eigenvalue weighted by Crippen LogP contribution is -2.38. The van der Waals surface area contributed by atoms with Crippen LogP contribution in [-0.2, 0) is 19.1 Å². The summed E-state index contributed by atoms with van der Waals surface area (Å²) >= 11 is 0. The zero-order valence-electron chi connectivity index (χ0n) is 16.5. The highest BCUT2D eigenvalue weighted by atomic mass is 19.4. The SMILES string of the molecule is CCNC(=NCc1ccnc(-n2cccn2)c1)NCCc1ccc(C(F)(F)F)cc1. The maximum atomic E-state index is 12.6. The van der Waals surface area contributed by atoms with Gasteiger partial charge in [0.2, 0.25) is 0 Å². The molecule has 0 atom stereocenters. The van der Waals surface area contributed by atoms with Crippen LogP contribution in [0.2, 0.25) is 0 Å². The number of aromatic nitrogens is 3. The first-order chi connectivity index (χ1) is 14.5. The Labute approximate surface area is 172 Å². The van der Waals surface area contributed by atoms with Gasteiger partial charge in [0.05, 0.1) is 12.1 Å². The van der Waals surface area contributed by atoms with Gasteiger partial charge in [0.15, 0.2) is 11.8 Å². The van der Waals surface area contributed by atoms with Crippen molar-refractivity contribution in [3.8, 4) is 5.82 Å². The fourth-order valence-corrected chi connectivity index (χ4v) is 2.79. The van der Waals surface area contributed by atoms with Crippen molar-refractivity contribution < 1.29 is 13.2 Å². The van der Waals surface area contributed by atoms with E-state index < -0.39 is 11.7 Å². The monoisotopic (exact) mass is 416 g/mol. The van der Waals surface area contributed by atoms with Crippen molar-refractivity contribution in [2.24, 2.45) is 4.99 Å². The first-order valence-electron chi connectivity index (χ1n) is 9.59. The molecule has 30 heavy (non-hydrogen) atoms. The van der Waals surface area contributed by atoms with Crippen LogP contribution >= 0.6 is 0 Å². The van der Waals surface area contributed by atoms with E-state index in [4.69, 9.17) is 0 Å². The number of nitrogens with one attached hydrogen (secondary N) is 2. The zero-order chi connectivity index (χ0) is 21.4. The van der Waals surface area contributed by atoms with Crippen molar-refractivity contribution in [2.75, 3.05) is 13.1 Å². The van der Waals surface area contributed by atoms with Gasteiger partial charge >= 0.3 is 6.18 Å². The maximum absolute atomic E-state index is 12.6. The number of guanidine groups is 1. The highest BCUT2D eigenvalue weighted by Gasteiger charge is 2.29. The normalized spacial score (nSPS) is 12.1. The van der Waals surface area contributed by atoms with E-state index in [1.807, 2.05) is 31.3 Å².